The van der Waals surface area contributed by atoms with Crippen LogP contribution in [-0.2, 0) is 4.79 Å². The summed E-state index contributed by atoms with van der Waals surface area (Å²) in [6.45, 7) is 0.512. The van der Waals surface area contributed by atoms with Gasteiger partial charge in [0.25, 0.3) is 5.91 Å². The number of hydrogen-bond donors (Lipinski definition) is 2. The van der Waals surface area contributed by atoms with Gasteiger partial charge in [-0.3, -0.25) is 9.59 Å². The number of benzene rings is 2. The summed E-state index contributed by atoms with van der Waals surface area (Å²) < 4.78 is 0. The van der Waals surface area contributed by atoms with Gasteiger partial charge in [0.05, 0.1) is 0 Å². The molecule has 0 aliphatic carbocycles. The number of carbonyl (C=O) groups is 2. The number of piperidine rings is 1. The van der Waals surface area contributed by atoms with Gasteiger partial charge < -0.3 is 10.6 Å². The summed E-state index contributed by atoms with van der Waals surface area (Å²) in [6.07, 6.45) is 1.17. The van der Waals surface area contributed by atoms with Crippen LogP contribution in [0.3, 0.4) is 0 Å². The van der Waals surface area contributed by atoms with E-state index in [1.54, 1.807) is 0 Å². The molecule has 20 heavy (non-hydrogen) atoms. The first-order chi connectivity index (χ1) is 9.72. The highest BCUT2D eigenvalue weighted by Crippen LogP contribution is 2.16. The van der Waals surface area contributed by atoms with Crippen LogP contribution in [0.5, 0.6) is 0 Å². The Hall–Kier alpha value is -2.36. The van der Waals surface area contributed by atoms with E-state index in [0.29, 0.717) is 24.9 Å². The molecule has 1 unspecified atom stereocenters. The molecule has 4 nitrogen and oxygen atoms in total. The Bertz CT molecular complexity index is 656. The minimum Gasteiger partial charge on any atom is -0.354 e. The number of fused-ring (bicyclic) bond motifs is 1. The van der Waals surface area contributed by atoms with Gasteiger partial charge in [-0.25, -0.2) is 0 Å². The van der Waals surface area contributed by atoms with Crippen molar-refractivity contribution >= 4 is 22.6 Å². The normalized spacial score (nSPS) is 18.6. The summed E-state index contributed by atoms with van der Waals surface area (Å²) in [7, 11) is 0. The second kappa shape index (κ2) is 5.33. The smallest absolute Gasteiger partial charge is 0.251 e. The molecular formula is C16H16N2O2. The number of hydrogen-bond acceptors (Lipinski definition) is 2. The van der Waals surface area contributed by atoms with Gasteiger partial charge in [0, 0.05) is 24.6 Å². The van der Waals surface area contributed by atoms with Gasteiger partial charge >= 0.3 is 0 Å². The van der Waals surface area contributed by atoms with Gasteiger partial charge in [0.2, 0.25) is 5.91 Å². The molecule has 1 aliphatic heterocycles. The molecule has 2 aromatic carbocycles. The van der Waals surface area contributed by atoms with Crippen LogP contribution in [0.25, 0.3) is 10.8 Å². The second-order valence-corrected chi connectivity index (χ2v) is 5.08. The Morgan fingerprint density at radius 2 is 1.95 bits per heavy atom. The van der Waals surface area contributed by atoms with Crippen LogP contribution in [0.4, 0.5) is 0 Å². The zero-order chi connectivity index (χ0) is 13.9. The maximum atomic E-state index is 12.2. The average Bonchev–Trinajstić information content (AvgIpc) is 2.49. The molecule has 0 saturated carbocycles. The molecule has 0 bridgehead atoms. The molecule has 2 N–H and O–H groups in total. The molecule has 1 fully saturated rings. The molecule has 1 heterocycles. The first-order valence-corrected chi connectivity index (χ1v) is 6.79. The topological polar surface area (TPSA) is 58.2 Å². The minimum absolute atomic E-state index is 0.0201. The van der Waals surface area contributed by atoms with Gasteiger partial charge in [-0.1, -0.05) is 30.3 Å². The third kappa shape index (κ3) is 2.64. The maximum Gasteiger partial charge on any atom is 0.251 e. The lowest BCUT2D eigenvalue weighted by molar-refractivity contribution is -0.122. The van der Waals surface area contributed by atoms with Crippen molar-refractivity contribution in [2.24, 2.45) is 0 Å². The lowest BCUT2D eigenvalue weighted by atomic mass is 10.0. The van der Waals surface area contributed by atoms with E-state index < -0.39 is 0 Å². The molecular weight excluding hydrogens is 252 g/mol. The monoisotopic (exact) mass is 268 g/mol. The van der Waals surface area contributed by atoms with E-state index in [0.717, 1.165) is 10.8 Å². The third-order valence-corrected chi connectivity index (χ3v) is 3.61. The lowest BCUT2D eigenvalue weighted by Gasteiger charge is -2.23. The zero-order valence-electron chi connectivity index (χ0n) is 11.1. The predicted octanol–water partition coefficient (Wildman–Crippen LogP) is 1.85. The molecule has 2 amide bonds. The molecule has 2 aromatic rings. The van der Waals surface area contributed by atoms with Gasteiger partial charge in [-0.05, 0) is 29.3 Å². The van der Waals surface area contributed by atoms with Crippen LogP contribution < -0.4 is 10.6 Å². The number of nitrogens with one attached hydrogen (secondary N) is 2. The van der Waals surface area contributed by atoms with E-state index in [-0.39, 0.29) is 17.9 Å². The van der Waals surface area contributed by atoms with E-state index in [1.807, 2.05) is 42.5 Å². The summed E-state index contributed by atoms with van der Waals surface area (Å²) in [4.78, 5) is 23.3. The Morgan fingerprint density at radius 3 is 2.70 bits per heavy atom. The predicted molar refractivity (Wildman–Crippen MR) is 77.4 cm³/mol. The largest absolute Gasteiger partial charge is 0.354 e. The summed E-state index contributed by atoms with van der Waals surface area (Å²) >= 11 is 0. The van der Waals surface area contributed by atoms with Crippen molar-refractivity contribution in [1.82, 2.24) is 10.6 Å². The highest BCUT2D eigenvalue weighted by molar-refractivity contribution is 5.98. The van der Waals surface area contributed by atoms with Crippen molar-refractivity contribution in [2.45, 2.75) is 18.9 Å². The highest BCUT2D eigenvalue weighted by atomic mass is 16.2. The molecule has 1 aliphatic rings. The number of rotatable bonds is 2. The van der Waals surface area contributed by atoms with Crippen LogP contribution >= 0.6 is 0 Å². The van der Waals surface area contributed by atoms with Crippen molar-refractivity contribution < 1.29 is 9.59 Å². The standard InChI is InChI=1S/C16H16N2O2/c19-15-8-7-14(10-17-15)18-16(20)13-6-5-11-3-1-2-4-12(11)9-13/h1-6,9,14H,7-8,10H2,(H,17,19)(H,18,20). The fourth-order valence-corrected chi connectivity index (χ4v) is 2.46. The van der Waals surface area contributed by atoms with E-state index in [4.69, 9.17) is 0 Å². The second-order valence-electron chi connectivity index (χ2n) is 5.08. The molecule has 4 heteroatoms. The molecule has 0 spiro atoms. The Balaban J connectivity index is 1.73. The molecule has 102 valence electrons. The quantitative estimate of drug-likeness (QED) is 0.873. The summed E-state index contributed by atoms with van der Waals surface area (Å²) in [6, 6.07) is 13.7. The molecule has 1 saturated heterocycles. The van der Waals surface area contributed by atoms with Crippen molar-refractivity contribution in [3.63, 3.8) is 0 Å². The van der Waals surface area contributed by atoms with Gasteiger partial charge in [0.15, 0.2) is 0 Å². The van der Waals surface area contributed by atoms with Gasteiger partial charge in [0.1, 0.15) is 0 Å². The number of amides is 2. The molecule has 1 atom stereocenters. The average molecular weight is 268 g/mol. The molecule has 0 aromatic heterocycles. The zero-order valence-corrected chi connectivity index (χ0v) is 11.1. The van der Waals surface area contributed by atoms with E-state index >= 15 is 0 Å². The maximum absolute atomic E-state index is 12.2. The molecule has 0 radical (unpaired) electrons. The Morgan fingerprint density at radius 1 is 1.15 bits per heavy atom. The first kappa shape index (κ1) is 12.7. The molecule has 3 rings (SSSR count). The minimum atomic E-state index is -0.0862. The van der Waals surface area contributed by atoms with Crippen LogP contribution in [0.15, 0.2) is 42.5 Å². The van der Waals surface area contributed by atoms with Crippen LogP contribution in [0, 0.1) is 0 Å². The van der Waals surface area contributed by atoms with Crippen molar-refractivity contribution in [2.75, 3.05) is 6.54 Å². The lowest BCUT2D eigenvalue weighted by Crippen LogP contribution is -2.47. The van der Waals surface area contributed by atoms with E-state index in [1.165, 1.54) is 0 Å². The van der Waals surface area contributed by atoms with Crippen LogP contribution in [0.1, 0.15) is 23.2 Å². The summed E-state index contributed by atoms with van der Waals surface area (Å²) in [5, 5.41) is 7.90. The SMILES string of the molecule is O=C1CCC(NC(=O)c2ccc3ccccc3c2)CN1. The Labute approximate surface area is 117 Å². The van der Waals surface area contributed by atoms with Crippen molar-refractivity contribution in [1.29, 1.82) is 0 Å². The fourth-order valence-electron chi connectivity index (χ4n) is 2.46. The fraction of sp³-hybridized carbons (Fsp3) is 0.250. The van der Waals surface area contributed by atoms with Gasteiger partial charge in [-0.15, -0.1) is 0 Å². The highest BCUT2D eigenvalue weighted by Gasteiger charge is 2.20. The number of carbonyl (C=O) groups excluding carboxylic acids is 2. The Kier molecular flexibility index (Phi) is 3.37. The van der Waals surface area contributed by atoms with Gasteiger partial charge in [-0.2, -0.15) is 0 Å². The van der Waals surface area contributed by atoms with Crippen molar-refractivity contribution in [3.05, 3.63) is 48.0 Å². The summed E-state index contributed by atoms with van der Waals surface area (Å²) in [5.41, 5.74) is 0.653. The van der Waals surface area contributed by atoms with E-state index in [2.05, 4.69) is 10.6 Å². The van der Waals surface area contributed by atoms with E-state index in [9.17, 15) is 9.59 Å². The third-order valence-electron chi connectivity index (χ3n) is 3.61. The summed E-state index contributed by atoms with van der Waals surface area (Å²) in [5.74, 6) is -0.0295. The first-order valence-electron chi connectivity index (χ1n) is 6.79. The van der Waals surface area contributed by atoms with Crippen molar-refractivity contribution in [3.8, 4) is 0 Å². The van der Waals surface area contributed by atoms with Crippen LogP contribution in [0.2, 0.25) is 0 Å². The van der Waals surface area contributed by atoms with Crippen LogP contribution in [-0.4, -0.2) is 24.4 Å².